The van der Waals surface area contributed by atoms with Crippen molar-refractivity contribution < 1.29 is 14.3 Å². The molecule has 3 aromatic heterocycles. The van der Waals surface area contributed by atoms with E-state index in [2.05, 4.69) is 34.6 Å². The molecule has 39 heavy (non-hydrogen) atoms. The number of rotatable bonds is 9. The number of aryl methyl sites for hydroxylation is 1. The number of ether oxygens (including phenoxy) is 2. The summed E-state index contributed by atoms with van der Waals surface area (Å²) in [5.41, 5.74) is 1.06. The Kier molecular flexibility index (Phi) is 9.09. The molecule has 0 bridgehead atoms. The number of halogens is 1. The molecule has 0 unspecified atom stereocenters. The number of carbonyl (C=O) groups is 1. The van der Waals surface area contributed by atoms with Crippen LogP contribution in [-0.2, 0) is 16.2 Å². The summed E-state index contributed by atoms with van der Waals surface area (Å²) < 4.78 is 17.9. The third-order valence-electron chi connectivity index (χ3n) is 6.17. The third-order valence-corrected chi connectivity index (χ3v) is 8.96. The zero-order valence-electron chi connectivity index (χ0n) is 23.9. The van der Waals surface area contributed by atoms with Crippen LogP contribution in [0.15, 0.2) is 12.3 Å². The summed E-state index contributed by atoms with van der Waals surface area (Å²) >= 11 is 8.11. The Morgan fingerprint density at radius 2 is 2.05 bits per heavy atom. The third kappa shape index (κ3) is 8.29. The van der Waals surface area contributed by atoms with Gasteiger partial charge >= 0.3 is 6.09 Å². The number of hydrogen-bond donors (Lipinski definition) is 2. The Labute approximate surface area is 240 Å². The molecule has 1 amide bonds. The molecule has 2 N–H and O–H groups in total. The van der Waals surface area contributed by atoms with Gasteiger partial charge < -0.3 is 29.6 Å². The molecule has 4 heterocycles. The van der Waals surface area contributed by atoms with Gasteiger partial charge in [-0.15, -0.1) is 0 Å². The van der Waals surface area contributed by atoms with Crippen LogP contribution in [0.25, 0.3) is 11.0 Å². The first kappa shape index (κ1) is 29.6. The molecule has 0 aliphatic carbocycles. The highest BCUT2D eigenvalue weighted by atomic mass is 35.5. The Balaban J connectivity index is 1.60. The predicted molar refractivity (Wildman–Crippen MR) is 161 cm³/mol. The lowest BCUT2D eigenvalue weighted by Crippen LogP contribution is -2.47. The van der Waals surface area contributed by atoms with E-state index in [1.165, 1.54) is 11.5 Å². The monoisotopic (exact) mass is 593 g/mol. The normalized spacial score (nSPS) is 16.5. The van der Waals surface area contributed by atoms with E-state index in [4.69, 9.17) is 31.0 Å². The van der Waals surface area contributed by atoms with E-state index < -0.39 is 13.7 Å². The van der Waals surface area contributed by atoms with Crippen molar-refractivity contribution in [1.82, 2.24) is 23.8 Å². The second-order valence-electron chi connectivity index (χ2n) is 12.3. The molecule has 10 nitrogen and oxygen atoms in total. The van der Waals surface area contributed by atoms with E-state index in [1.54, 1.807) is 4.90 Å². The highest BCUT2D eigenvalue weighted by molar-refractivity contribution is 7.10. The number of aromatic nitrogens is 4. The minimum absolute atomic E-state index is 0.0183. The van der Waals surface area contributed by atoms with E-state index in [9.17, 15) is 4.79 Å². The molecule has 1 aliphatic rings. The van der Waals surface area contributed by atoms with Gasteiger partial charge in [-0.05, 0) is 64.2 Å². The molecule has 4 rings (SSSR count). The maximum atomic E-state index is 12.7. The van der Waals surface area contributed by atoms with Gasteiger partial charge in [-0.2, -0.15) is 14.3 Å². The van der Waals surface area contributed by atoms with Crippen molar-refractivity contribution in [3.8, 4) is 0 Å². The van der Waals surface area contributed by atoms with Crippen LogP contribution in [0.5, 0.6) is 0 Å². The number of nitrogens with zero attached hydrogens (tertiary/aromatic N) is 5. The van der Waals surface area contributed by atoms with Crippen LogP contribution < -0.4 is 10.6 Å². The standard InChI is InChI=1S/C26H40ClN7O3SSi/c1-17-13-20(38-32-17)29-24-30-22(28-18-9-8-10-33(14-18)25(35)37-26(2,3)4)21-19(27)15-34(23(21)31-24)16-36-11-12-39(5,6)7/h13,15,18H,8-12,14,16H2,1-7H3,(H2,28,29,30,31)/t18-/m1/s1. The smallest absolute Gasteiger partial charge is 0.410 e. The molecule has 13 heteroatoms. The fraction of sp³-hybridized carbons (Fsp3) is 0.615. The Morgan fingerprint density at radius 1 is 1.28 bits per heavy atom. The summed E-state index contributed by atoms with van der Waals surface area (Å²) in [7, 11) is -1.20. The Hall–Kier alpha value is -2.41. The first-order chi connectivity index (χ1) is 18.3. The number of carbonyl (C=O) groups excluding carboxylic acids is 1. The molecule has 1 aliphatic heterocycles. The minimum atomic E-state index is -1.20. The van der Waals surface area contributed by atoms with E-state index in [0.717, 1.165) is 35.0 Å². The maximum absolute atomic E-state index is 12.7. The second kappa shape index (κ2) is 12.0. The fourth-order valence-corrected chi connectivity index (χ4v) is 5.96. The highest BCUT2D eigenvalue weighted by Crippen LogP contribution is 2.33. The zero-order chi connectivity index (χ0) is 28.4. The van der Waals surface area contributed by atoms with Gasteiger partial charge in [0, 0.05) is 40.0 Å². The number of amides is 1. The average Bonchev–Trinajstić information content (AvgIpc) is 3.37. The van der Waals surface area contributed by atoms with Gasteiger partial charge in [0.2, 0.25) is 5.95 Å². The first-order valence-corrected chi connectivity index (χ1v) is 18.2. The van der Waals surface area contributed by atoms with Gasteiger partial charge in [0.15, 0.2) is 5.65 Å². The van der Waals surface area contributed by atoms with Gasteiger partial charge in [-0.3, -0.25) is 0 Å². The zero-order valence-corrected chi connectivity index (χ0v) is 26.5. The molecule has 0 saturated carbocycles. The van der Waals surface area contributed by atoms with Crippen LogP contribution in [0.2, 0.25) is 30.7 Å². The number of likely N-dealkylation sites (tertiary alicyclic amines) is 1. The maximum Gasteiger partial charge on any atom is 0.410 e. The Morgan fingerprint density at radius 3 is 2.72 bits per heavy atom. The van der Waals surface area contributed by atoms with Gasteiger partial charge in [0.1, 0.15) is 23.2 Å². The van der Waals surface area contributed by atoms with Crippen molar-refractivity contribution in [1.29, 1.82) is 0 Å². The SMILES string of the molecule is Cc1cc(Nc2nc(N[C@@H]3CCCN(C(=O)OC(C)(C)C)C3)c3c(Cl)cn(COCC[Si](C)(C)C)c3n2)sn1. The van der Waals surface area contributed by atoms with Crippen molar-refractivity contribution in [3.63, 3.8) is 0 Å². The van der Waals surface area contributed by atoms with E-state index in [1.807, 2.05) is 44.5 Å². The summed E-state index contributed by atoms with van der Waals surface area (Å²) in [4.78, 5) is 24.1. The molecule has 0 radical (unpaired) electrons. The van der Waals surface area contributed by atoms with Gasteiger partial charge in [-0.1, -0.05) is 31.2 Å². The second-order valence-corrected chi connectivity index (χ2v) is 19.1. The van der Waals surface area contributed by atoms with Gasteiger partial charge in [-0.25, -0.2) is 4.79 Å². The van der Waals surface area contributed by atoms with Gasteiger partial charge in [0.05, 0.1) is 16.1 Å². The lowest BCUT2D eigenvalue weighted by atomic mass is 10.1. The van der Waals surface area contributed by atoms with Crippen LogP contribution >= 0.6 is 23.1 Å². The lowest BCUT2D eigenvalue weighted by Gasteiger charge is -2.34. The van der Waals surface area contributed by atoms with Crippen molar-refractivity contribution in [2.24, 2.45) is 0 Å². The summed E-state index contributed by atoms with van der Waals surface area (Å²) in [6, 6.07) is 3.02. The largest absolute Gasteiger partial charge is 0.444 e. The van der Waals surface area contributed by atoms with E-state index >= 15 is 0 Å². The highest BCUT2D eigenvalue weighted by Gasteiger charge is 2.29. The molecular weight excluding hydrogens is 554 g/mol. The fourth-order valence-electron chi connectivity index (χ4n) is 4.25. The van der Waals surface area contributed by atoms with Crippen LogP contribution in [0.3, 0.4) is 0 Å². The van der Waals surface area contributed by atoms with E-state index in [-0.39, 0.29) is 12.1 Å². The number of hydrogen-bond acceptors (Lipinski definition) is 9. The van der Waals surface area contributed by atoms with Crippen LogP contribution in [0.4, 0.5) is 21.6 Å². The summed E-state index contributed by atoms with van der Waals surface area (Å²) in [5.74, 6) is 1.05. The Bertz CT molecular complexity index is 1300. The quantitative estimate of drug-likeness (QED) is 0.208. The molecule has 3 aromatic rings. The predicted octanol–water partition coefficient (Wildman–Crippen LogP) is 6.72. The first-order valence-electron chi connectivity index (χ1n) is 13.4. The van der Waals surface area contributed by atoms with Gasteiger partial charge in [0.25, 0.3) is 0 Å². The molecule has 1 atom stereocenters. The van der Waals surface area contributed by atoms with Crippen molar-refractivity contribution >= 4 is 65.1 Å². The van der Waals surface area contributed by atoms with Crippen molar-refractivity contribution in [3.05, 3.63) is 23.0 Å². The number of nitrogens with one attached hydrogen (secondary N) is 2. The molecular formula is C26H40ClN7O3SSi. The molecule has 1 fully saturated rings. The van der Waals surface area contributed by atoms with Crippen LogP contribution in [0.1, 0.15) is 39.3 Å². The average molecular weight is 594 g/mol. The lowest BCUT2D eigenvalue weighted by molar-refractivity contribution is 0.0206. The van der Waals surface area contributed by atoms with Crippen LogP contribution in [0, 0.1) is 6.92 Å². The summed E-state index contributed by atoms with van der Waals surface area (Å²) in [6.07, 6.45) is 3.29. The summed E-state index contributed by atoms with van der Waals surface area (Å²) in [6.45, 7) is 16.8. The van der Waals surface area contributed by atoms with E-state index in [0.29, 0.717) is 48.9 Å². The van der Waals surface area contributed by atoms with Crippen molar-refractivity contribution in [2.75, 3.05) is 30.3 Å². The number of fused-ring (bicyclic) bond motifs is 1. The van der Waals surface area contributed by atoms with Crippen LogP contribution in [-0.4, -0.2) is 69.3 Å². The topological polar surface area (TPSA) is 106 Å². The minimum Gasteiger partial charge on any atom is -0.444 e. The molecule has 1 saturated heterocycles. The molecule has 0 spiro atoms. The molecule has 0 aromatic carbocycles. The molecule has 214 valence electrons. The summed E-state index contributed by atoms with van der Waals surface area (Å²) in [5, 5.41) is 8.97. The number of piperidine rings is 1. The van der Waals surface area contributed by atoms with Crippen molar-refractivity contribution in [2.45, 2.75) is 84.6 Å². The number of anilines is 3.